The highest BCUT2D eigenvalue weighted by molar-refractivity contribution is 5.93. The van der Waals surface area contributed by atoms with Crippen molar-refractivity contribution in [1.29, 1.82) is 0 Å². The molecular formula is C52H68O2. The lowest BCUT2D eigenvalue weighted by Gasteiger charge is -2.51. The van der Waals surface area contributed by atoms with Gasteiger partial charge in [-0.05, 0) is 157 Å². The van der Waals surface area contributed by atoms with Crippen molar-refractivity contribution in [3.8, 4) is 0 Å². The molecule has 288 valence electrons. The summed E-state index contributed by atoms with van der Waals surface area (Å²) in [6.07, 6.45) is 22.0. The fourth-order valence-electron chi connectivity index (χ4n) is 13.2. The van der Waals surface area contributed by atoms with Gasteiger partial charge in [0, 0.05) is 25.2 Å². The lowest BCUT2D eigenvalue weighted by Crippen LogP contribution is -2.40. The second-order valence-electron chi connectivity index (χ2n) is 18.1. The van der Waals surface area contributed by atoms with Gasteiger partial charge in [-0.2, -0.15) is 0 Å². The number of ketones is 2. The molecule has 3 fully saturated rings. The Morgan fingerprint density at radius 1 is 0.611 bits per heavy atom. The molecule has 2 nitrogen and oxygen atoms in total. The molecule has 2 aromatic carbocycles. The number of hydrogen-bond donors (Lipinski definition) is 0. The van der Waals surface area contributed by atoms with E-state index in [1.165, 1.54) is 92.9 Å². The minimum Gasteiger partial charge on any atom is -0.299 e. The maximum atomic E-state index is 12.0. The number of Topliss-reactive ketones (excluding diaryl/α,β-unsaturated/α-hetero) is 1. The predicted octanol–water partition coefficient (Wildman–Crippen LogP) is 14.1. The van der Waals surface area contributed by atoms with E-state index in [4.69, 9.17) is 0 Å². The summed E-state index contributed by atoms with van der Waals surface area (Å²) in [5.74, 6) is 4.60. The first kappa shape index (κ1) is 39.0. The Labute approximate surface area is 328 Å². The SMILES string of the molecule is CC.CC.C[C@@]12CCCC1C1CCC3=C(CCC(=O)C3)C1=C(c1ccccc1)C2.C[C@@]12CCCC1C1CCC3=CC(=O)CCC3=C1[C@H](c1ccccc1)C2. The van der Waals surface area contributed by atoms with E-state index in [0.29, 0.717) is 28.3 Å². The second-order valence-corrected chi connectivity index (χ2v) is 18.1. The number of allylic oxidation sites excluding steroid dienone is 8. The third-order valence-corrected chi connectivity index (χ3v) is 15.3. The molecule has 54 heavy (non-hydrogen) atoms. The van der Waals surface area contributed by atoms with Crippen molar-refractivity contribution in [3.63, 3.8) is 0 Å². The van der Waals surface area contributed by atoms with Crippen LogP contribution in [0, 0.1) is 34.5 Å². The minimum atomic E-state index is 0.343. The van der Waals surface area contributed by atoms with Gasteiger partial charge in [-0.1, -0.05) is 126 Å². The maximum absolute atomic E-state index is 12.0. The molecule has 7 atom stereocenters. The summed E-state index contributed by atoms with van der Waals surface area (Å²) in [5, 5.41) is 0. The third kappa shape index (κ3) is 7.14. The Hall–Kier alpha value is -3.26. The monoisotopic (exact) mass is 725 g/mol. The molecule has 0 saturated heterocycles. The molecule has 2 aromatic rings. The van der Waals surface area contributed by atoms with Crippen LogP contribution in [0.25, 0.3) is 5.57 Å². The van der Waals surface area contributed by atoms with Crippen molar-refractivity contribution in [1.82, 2.24) is 0 Å². The van der Waals surface area contributed by atoms with E-state index in [9.17, 15) is 9.59 Å². The predicted molar refractivity (Wildman–Crippen MR) is 226 cm³/mol. The summed E-state index contributed by atoms with van der Waals surface area (Å²) >= 11 is 0. The average molecular weight is 725 g/mol. The average Bonchev–Trinajstić information content (AvgIpc) is 3.81. The molecule has 4 unspecified atom stereocenters. The highest BCUT2D eigenvalue weighted by atomic mass is 16.1. The Morgan fingerprint density at radius 3 is 1.96 bits per heavy atom. The fraction of sp³-hybridized carbons (Fsp3) is 0.577. The summed E-state index contributed by atoms with van der Waals surface area (Å²) in [6.45, 7) is 13.1. The van der Waals surface area contributed by atoms with Crippen molar-refractivity contribution in [2.75, 3.05) is 0 Å². The summed E-state index contributed by atoms with van der Waals surface area (Å²) in [4.78, 5) is 24.0. The van der Waals surface area contributed by atoms with Crippen LogP contribution in [0.4, 0.5) is 0 Å². The third-order valence-electron chi connectivity index (χ3n) is 15.3. The maximum Gasteiger partial charge on any atom is 0.156 e. The molecule has 0 heterocycles. The first-order valence-electron chi connectivity index (χ1n) is 22.3. The van der Waals surface area contributed by atoms with Crippen LogP contribution in [0.15, 0.2) is 100 Å². The fourth-order valence-corrected chi connectivity index (χ4v) is 13.2. The Balaban J connectivity index is 0.000000153. The zero-order valence-electron chi connectivity index (χ0n) is 34.6. The normalized spacial score (nSPS) is 33.5. The number of carbonyl (C=O) groups is 2. The van der Waals surface area contributed by atoms with Crippen LogP contribution in [-0.2, 0) is 9.59 Å². The van der Waals surface area contributed by atoms with E-state index in [1.807, 2.05) is 33.8 Å². The molecule has 0 amide bonds. The van der Waals surface area contributed by atoms with E-state index in [1.54, 1.807) is 27.9 Å². The van der Waals surface area contributed by atoms with Gasteiger partial charge < -0.3 is 0 Å². The molecule has 0 N–H and O–H groups in total. The summed E-state index contributed by atoms with van der Waals surface area (Å²) in [6, 6.07) is 22.3. The minimum absolute atomic E-state index is 0.343. The van der Waals surface area contributed by atoms with Crippen LogP contribution in [-0.4, -0.2) is 11.6 Å². The highest BCUT2D eigenvalue weighted by Gasteiger charge is 2.53. The second kappa shape index (κ2) is 16.5. The lowest BCUT2D eigenvalue weighted by molar-refractivity contribution is -0.119. The lowest BCUT2D eigenvalue weighted by atomic mass is 9.53. The van der Waals surface area contributed by atoms with Gasteiger partial charge in [0.25, 0.3) is 0 Å². The molecule has 8 aliphatic rings. The molecule has 8 aliphatic carbocycles. The zero-order valence-corrected chi connectivity index (χ0v) is 34.6. The summed E-state index contributed by atoms with van der Waals surface area (Å²) in [7, 11) is 0. The van der Waals surface area contributed by atoms with Crippen molar-refractivity contribution >= 4 is 17.1 Å². The molecule has 0 bridgehead atoms. The molecule has 3 saturated carbocycles. The number of benzene rings is 2. The van der Waals surface area contributed by atoms with E-state index in [0.717, 1.165) is 62.2 Å². The molecule has 0 aliphatic heterocycles. The standard InChI is InChI=1S/2C24H28O.2C2H6/c2*1-24-13-5-8-22(24)20-11-9-17-14-18(25)10-12-19(17)23(20)21(15-24)16-6-3-2-4-7-16;2*1-2/h2-4,6-7,20,22H,5,8-15H2,1H3;2-4,6-7,14,20-22H,5,8-13,15H2,1H3;2*1-2H3/t20?,22?,24-;20?,21-,22?,24-;;/m00../s1. The van der Waals surface area contributed by atoms with Crippen LogP contribution in [0.2, 0.25) is 0 Å². The number of fused-ring (bicyclic) bond motifs is 8. The first-order chi connectivity index (χ1) is 26.3. The summed E-state index contributed by atoms with van der Waals surface area (Å²) in [5.41, 5.74) is 15.0. The van der Waals surface area contributed by atoms with Crippen molar-refractivity contribution < 1.29 is 9.59 Å². The first-order valence-corrected chi connectivity index (χ1v) is 22.3. The Bertz CT molecular complexity index is 1820. The molecule has 10 rings (SSSR count). The van der Waals surface area contributed by atoms with Crippen LogP contribution < -0.4 is 0 Å². The van der Waals surface area contributed by atoms with Crippen LogP contribution in [0.3, 0.4) is 0 Å². The zero-order chi connectivity index (χ0) is 38.0. The molecule has 2 heteroatoms. The van der Waals surface area contributed by atoms with Gasteiger partial charge >= 0.3 is 0 Å². The van der Waals surface area contributed by atoms with E-state index in [2.05, 4.69) is 74.5 Å². The van der Waals surface area contributed by atoms with Crippen molar-refractivity contribution in [2.24, 2.45) is 34.5 Å². The largest absolute Gasteiger partial charge is 0.299 e. The van der Waals surface area contributed by atoms with Gasteiger partial charge in [-0.25, -0.2) is 0 Å². The highest BCUT2D eigenvalue weighted by Crippen LogP contribution is 2.64. The van der Waals surface area contributed by atoms with Gasteiger partial charge in [-0.3, -0.25) is 9.59 Å². The Kier molecular flexibility index (Phi) is 11.9. The number of carbonyl (C=O) groups excluding carboxylic acids is 2. The van der Waals surface area contributed by atoms with Gasteiger partial charge in [-0.15, -0.1) is 0 Å². The van der Waals surface area contributed by atoms with Gasteiger partial charge in [0.1, 0.15) is 5.78 Å². The van der Waals surface area contributed by atoms with Crippen molar-refractivity contribution in [3.05, 3.63) is 111 Å². The van der Waals surface area contributed by atoms with Crippen LogP contribution >= 0.6 is 0 Å². The number of hydrogen-bond acceptors (Lipinski definition) is 2. The quantitative estimate of drug-likeness (QED) is 0.309. The van der Waals surface area contributed by atoms with Gasteiger partial charge in [0.05, 0.1) is 0 Å². The molecule has 0 spiro atoms. The van der Waals surface area contributed by atoms with Crippen LogP contribution in [0.5, 0.6) is 0 Å². The van der Waals surface area contributed by atoms with E-state index in [-0.39, 0.29) is 0 Å². The smallest absolute Gasteiger partial charge is 0.156 e. The number of rotatable bonds is 2. The van der Waals surface area contributed by atoms with Gasteiger partial charge in [0.2, 0.25) is 0 Å². The molecule has 0 radical (unpaired) electrons. The van der Waals surface area contributed by atoms with Crippen LogP contribution in [0.1, 0.15) is 168 Å². The Morgan fingerprint density at radius 2 is 1.24 bits per heavy atom. The van der Waals surface area contributed by atoms with Crippen molar-refractivity contribution in [2.45, 2.75) is 157 Å². The molecular weight excluding hydrogens is 657 g/mol. The van der Waals surface area contributed by atoms with E-state index >= 15 is 0 Å². The van der Waals surface area contributed by atoms with E-state index < -0.39 is 0 Å². The topological polar surface area (TPSA) is 34.1 Å². The molecule has 0 aromatic heterocycles. The van der Waals surface area contributed by atoms with Gasteiger partial charge in [0.15, 0.2) is 5.78 Å². The summed E-state index contributed by atoms with van der Waals surface area (Å²) < 4.78 is 0.